The molecule has 9 saturated carbocycles. The van der Waals surface area contributed by atoms with Crippen molar-refractivity contribution in [2.45, 2.75) is 257 Å². The van der Waals surface area contributed by atoms with Crippen LogP contribution in [0.4, 0.5) is 0 Å². The van der Waals surface area contributed by atoms with Crippen molar-refractivity contribution in [1.29, 1.82) is 0 Å². The van der Waals surface area contributed by atoms with E-state index in [4.69, 9.17) is 41.5 Å². The molecule has 12 aromatic heterocycles. The molecule has 146 heavy (non-hydrogen) atoms. The average molecular weight is 2480 g/mol. The van der Waals surface area contributed by atoms with E-state index in [2.05, 4.69) is 107 Å². The van der Waals surface area contributed by atoms with Gasteiger partial charge in [0.05, 0.1) is 16.7 Å². The van der Waals surface area contributed by atoms with Crippen LogP contribution in [0, 0.1) is 140 Å². The summed E-state index contributed by atoms with van der Waals surface area (Å²) in [4.78, 5) is 40.5. The molecule has 18 aromatic rings. The van der Waals surface area contributed by atoms with Gasteiger partial charge in [0.2, 0.25) is 17.1 Å². The molecule has 0 atom stereocenters. The van der Waals surface area contributed by atoms with Crippen molar-refractivity contribution in [2.75, 3.05) is 0 Å². The zero-order valence-electron chi connectivity index (χ0n) is 104. The van der Waals surface area contributed by atoms with Gasteiger partial charge in [0.1, 0.15) is 0 Å². The summed E-state index contributed by atoms with van der Waals surface area (Å²) in [5, 5.41) is 6.05. The van der Waals surface area contributed by atoms with Crippen LogP contribution in [0.15, 0.2) is 251 Å². The SMILES string of the molecule is Cc1ccc2c(n1)oc1c(-c3cc(C45CC6CC(CC(C6)C4)C5)ccn3)[c-]ccc12.[2H]C([2H])([2H])c1c[c-]c(-c2ccc(C([2H])([2H])C(C)(C)C)cn2)cc1.[2H]C([2H])([2H])c1c[c-]c(-c2ccc(C([2H])([2H])C(C)(C)C)cn2)cc1.[2H]C([2H])([2H])c1c[c-]c(-c2ccc(C([2H])([2H])C(C)(C)C)cn2)cc1.[2H]C([2H])(c1ccnc(-c2[c-]ccc3c2oc2nc(C)ccc23)c1)C1(C)CCCCC1.[2H]C([2H])(c1ccnc(-c2[c-]ccc3c2oc2nc(C)ccc23)c1)C12CC3CC(CC(C3)C1)C2.[Ir].[Ir].[Ir]. The predicted molar refractivity (Wildman–Crippen MR) is 583 cm³/mol. The fourth-order valence-corrected chi connectivity index (χ4v) is 23.7. The molecule has 0 saturated heterocycles. The molecule has 757 valence electrons. The summed E-state index contributed by atoms with van der Waals surface area (Å²) in [5.41, 5.74) is 19.1. The number of fused-ring (bicyclic) bond motifs is 9. The maximum Gasteiger partial charge on any atom is 0.216 e. The maximum absolute atomic E-state index is 9.37. The van der Waals surface area contributed by atoms with Crippen LogP contribution in [-0.4, -0.2) is 44.9 Å². The number of hydrogen-bond donors (Lipinski definition) is 0. The molecule has 0 N–H and O–H groups in total. The first kappa shape index (κ1) is 83.9. The van der Waals surface area contributed by atoms with Crippen molar-refractivity contribution in [3.63, 3.8) is 0 Å². The molecule has 3 radical (unpaired) electrons. The van der Waals surface area contributed by atoms with Gasteiger partial charge in [-0.05, 0) is 322 Å². The van der Waals surface area contributed by atoms with Crippen LogP contribution < -0.4 is 0 Å². The largest absolute Gasteiger partial charge is 0.486 e. The van der Waals surface area contributed by atoms with Gasteiger partial charge in [-0.15, -0.1) is 161 Å². The van der Waals surface area contributed by atoms with Crippen molar-refractivity contribution in [2.24, 2.45) is 62.6 Å². The molecule has 0 amide bonds. The maximum atomic E-state index is 9.37. The van der Waals surface area contributed by atoms with Gasteiger partial charge >= 0.3 is 0 Å². The molecule has 9 fully saturated rings. The Morgan fingerprint density at radius 3 is 1.00 bits per heavy atom. The Hall–Kier alpha value is -11.0. The summed E-state index contributed by atoms with van der Waals surface area (Å²) in [5.74, 6) is 4.94. The van der Waals surface area contributed by atoms with Crippen LogP contribution >= 0.6 is 0 Å². The topological polar surface area (TPSA) is 155 Å². The van der Waals surface area contributed by atoms with E-state index < -0.39 is 68.7 Å². The molecule has 0 aliphatic heterocycles. The van der Waals surface area contributed by atoms with E-state index in [1.165, 1.54) is 107 Å². The third-order valence-corrected chi connectivity index (χ3v) is 29.0. The van der Waals surface area contributed by atoms with Crippen LogP contribution in [0.2, 0.25) is 0 Å². The monoisotopic (exact) mass is 2480 g/mol. The number of aryl methyl sites for hydroxylation is 6. The van der Waals surface area contributed by atoms with Crippen molar-refractivity contribution < 1.29 is 99.6 Å². The van der Waals surface area contributed by atoms with Gasteiger partial charge < -0.3 is 43.2 Å². The normalized spacial score (nSPS) is 22.5. The molecule has 12 heterocycles. The fourth-order valence-electron chi connectivity index (χ4n) is 23.7. The van der Waals surface area contributed by atoms with Gasteiger partial charge in [0.25, 0.3) is 0 Å². The van der Waals surface area contributed by atoms with Crippen molar-refractivity contribution in [3.05, 3.63) is 341 Å². The predicted octanol–water partition coefficient (Wildman–Crippen LogP) is 33.5. The first-order valence-corrected chi connectivity index (χ1v) is 50.8. The summed E-state index contributed by atoms with van der Waals surface area (Å²) in [6.45, 7) is 18.2. The van der Waals surface area contributed by atoms with E-state index in [1.54, 1.807) is 85.2 Å². The molecular formula is C131H137Ir3N9O3-6. The summed E-state index contributed by atoms with van der Waals surface area (Å²) in [7, 11) is 0. The number of aromatic nitrogens is 9. The number of rotatable bonds is 14. The van der Waals surface area contributed by atoms with E-state index in [0.29, 0.717) is 119 Å². The Morgan fingerprint density at radius 1 is 0.342 bits per heavy atom. The first-order chi connectivity index (χ1) is 76.3. The number of pyridine rings is 9. The number of nitrogens with zero attached hydrogens (tertiary/aromatic N) is 9. The molecule has 8 bridgehead atoms. The Kier molecular flexibility index (Phi) is 25.8. The number of benzene rings is 6. The van der Waals surface area contributed by atoms with Crippen molar-refractivity contribution in [3.8, 4) is 67.5 Å². The Balaban J connectivity index is 0.000000133. The van der Waals surface area contributed by atoms with Crippen LogP contribution in [0.1, 0.15) is 272 Å². The van der Waals surface area contributed by atoms with Crippen molar-refractivity contribution in [1.82, 2.24) is 44.9 Å². The molecule has 0 unspecified atom stereocenters. The zero-order chi connectivity index (χ0) is 116. The van der Waals surface area contributed by atoms with E-state index in [9.17, 15) is 2.74 Å². The van der Waals surface area contributed by atoms with Gasteiger partial charge in [-0.25, -0.2) is 15.0 Å². The summed E-state index contributed by atoms with van der Waals surface area (Å²) in [6, 6.07) is 79.3. The smallest absolute Gasteiger partial charge is 0.216 e. The van der Waals surface area contributed by atoms with Crippen molar-refractivity contribution >= 4 is 66.2 Å². The van der Waals surface area contributed by atoms with E-state index >= 15 is 0 Å². The molecular weight excluding hydrogens is 2320 g/mol. The minimum atomic E-state index is -2.14. The van der Waals surface area contributed by atoms with Gasteiger partial charge in [-0.2, -0.15) is 0 Å². The van der Waals surface area contributed by atoms with Gasteiger partial charge in [-0.3, -0.25) is 0 Å². The van der Waals surface area contributed by atoms with E-state index in [1.807, 2.05) is 174 Å². The quantitative estimate of drug-likeness (QED) is 0.0951. The molecule has 9 aliphatic carbocycles. The third-order valence-electron chi connectivity index (χ3n) is 29.0. The zero-order valence-corrected chi connectivity index (χ0v) is 92.4. The minimum Gasteiger partial charge on any atom is -0.486 e. The van der Waals surface area contributed by atoms with E-state index in [0.717, 1.165) is 146 Å². The summed E-state index contributed by atoms with van der Waals surface area (Å²) >= 11 is 0. The van der Waals surface area contributed by atoms with E-state index in [-0.39, 0.29) is 87.8 Å². The first-order valence-electron chi connectivity index (χ1n) is 60.3. The molecule has 9 aliphatic rings. The van der Waals surface area contributed by atoms with Crippen LogP contribution in [0.3, 0.4) is 0 Å². The Labute approximate surface area is 932 Å². The Bertz CT molecular complexity index is 8100. The molecule has 15 heteroatoms. The van der Waals surface area contributed by atoms with Crippen LogP contribution in [0.5, 0.6) is 0 Å². The number of furan rings is 3. The van der Waals surface area contributed by atoms with Gasteiger partial charge in [-0.1, -0.05) is 208 Å². The van der Waals surface area contributed by atoms with Crippen LogP contribution in [-0.2, 0) is 97.6 Å². The van der Waals surface area contributed by atoms with Crippen LogP contribution in [0.25, 0.3) is 134 Å². The molecule has 12 nitrogen and oxygen atoms in total. The second-order valence-electron chi connectivity index (χ2n) is 44.5. The molecule has 6 aromatic carbocycles. The Morgan fingerprint density at radius 2 is 0.678 bits per heavy atom. The molecule has 27 rings (SSSR count). The second kappa shape index (κ2) is 44.8. The average Bonchev–Trinajstić information content (AvgIpc) is 1.15. The minimum absolute atomic E-state index is 0. The summed E-state index contributed by atoms with van der Waals surface area (Å²) in [6.07, 6.45) is 23.5. The summed E-state index contributed by atoms with van der Waals surface area (Å²) < 4.78 is 171. The molecule has 0 spiro atoms. The third kappa shape index (κ3) is 25.2. The fraction of sp³-hybridized carbons (Fsp3) is 0.382. The van der Waals surface area contributed by atoms with Gasteiger partial charge in [0.15, 0.2) is 0 Å². The standard InChI is InChI=1S/C28H27N2O.C27H25N2O.C25H25N2O.3C17H20N.3Ir/c1-17-5-6-23-22-3-2-4-24(26(22)31-27(23)30-17)25-12-18(7-8-29-25)13-28-14-19-9-20(15-28)11-21(10-19)16-28;1-16-5-6-22-21-3-2-4-23(25(21)30-26(22)29-16)24-12-20(7-8-28-24)27-13-17-9-18(14-27)11-19(10-17)15-27;1-17-9-10-20-19-7-6-8-21(23(19)28-24(20)27-17)22-15-18(11-14-26-22)16-25(2)12-4-3-5-13-25;3*1-13-5-8-15(9-6-13)16-10-7-14(12-18-16)11-17(2,3)4;;;/h2-3,5-8,12,19-21H,9-11,13-16H2,1H3;2-3,5-8,12,17-19H,9-11,13-15H2,1H3;6-7,9-11,14-15H,3-5,12-13,16H2,1-2H3;3*5-8,10,12H,11H2,1-4H3;;;/q6*-1;;;/i13D2;;16D2;3*1D3,11D2;;;. The second-order valence-corrected chi connectivity index (χ2v) is 44.5. The van der Waals surface area contributed by atoms with Gasteiger partial charge in [0, 0.05) is 157 Å². The number of hydrogen-bond acceptors (Lipinski definition) is 12.